The topological polar surface area (TPSA) is 44.7 Å². The molecule has 0 amide bonds. The Morgan fingerprint density at radius 3 is 2.64 bits per heavy atom. The molecule has 1 unspecified atom stereocenters. The second-order valence-electron chi connectivity index (χ2n) is 7.49. The van der Waals surface area contributed by atoms with Gasteiger partial charge in [-0.1, -0.05) is 41.4 Å². The average Bonchev–Trinajstić information content (AvgIpc) is 2.69. The molecule has 6 heteroatoms. The molecule has 1 heterocycles. The normalized spacial score (nSPS) is 16.9. The van der Waals surface area contributed by atoms with E-state index < -0.39 is 6.10 Å². The summed E-state index contributed by atoms with van der Waals surface area (Å²) < 4.78 is 5.67. The van der Waals surface area contributed by atoms with E-state index in [-0.39, 0.29) is 0 Å². The van der Waals surface area contributed by atoms with Crippen LogP contribution < -0.4 is 10.1 Å². The second-order valence-corrected chi connectivity index (χ2v) is 8.30. The number of benzene rings is 2. The summed E-state index contributed by atoms with van der Waals surface area (Å²) in [6, 6.07) is 14.1. The molecule has 2 N–H and O–H groups in total. The Morgan fingerprint density at radius 1 is 1.14 bits per heavy atom. The molecule has 152 valence electrons. The van der Waals surface area contributed by atoms with Crippen molar-refractivity contribution < 1.29 is 9.84 Å². The molecule has 1 aliphatic heterocycles. The van der Waals surface area contributed by atoms with E-state index in [0.29, 0.717) is 29.2 Å². The number of aliphatic hydroxyl groups is 1. The van der Waals surface area contributed by atoms with E-state index in [1.165, 1.54) is 5.56 Å². The molecule has 2 aromatic rings. The predicted molar refractivity (Wildman–Crippen MR) is 115 cm³/mol. The van der Waals surface area contributed by atoms with Gasteiger partial charge in [-0.05, 0) is 68.2 Å². The fraction of sp³-hybridized carbons (Fsp3) is 0.455. The summed E-state index contributed by atoms with van der Waals surface area (Å²) >= 11 is 12.1. The molecule has 1 saturated heterocycles. The number of halogens is 2. The lowest BCUT2D eigenvalue weighted by Gasteiger charge is -2.33. The number of nitrogens with zero attached hydrogens (tertiary/aromatic N) is 1. The number of aliphatic hydroxyl groups excluding tert-OH is 1. The van der Waals surface area contributed by atoms with Gasteiger partial charge in [-0.3, -0.25) is 4.90 Å². The first-order valence-electron chi connectivity index (χ1n) is 9.77. The first-order valence-corrected chi connectivity index (χ1v) is 10.5. The molecule has 3 rings (SSSR count). The van der Waals surface area contributed by atoms with E-state index in [9.17, 15) is 5.11 Å². The first-order chi connectivity index (χ1) is 13.5. The molecule has 0 aliphatic carbocycles. The monoisotopic (exact) mass is 422 g/mol. The van der Waals surface area contributed by atoms with Gasteiger partial charge in [0.15, 0.2) is 0 Å². The highest BCUT2D eigenvalue weighted by Crippen LogP contribution is 2.24. The van der Waals surface area contributed by atoms with Crippen LogP contribution in [0.1, 0.15) is 24.0 Å². The Labute approximate surface area is 177 Å². The maximum absolute atomic E-state index is 10.2. The van der Waals surface area contributed by atoms with Crippen LogP contribution >= 0.6 is 23.2 Å². The van der Waals surface area contributed by atoms with Gasteiger partial charge in [0.05, 0.1) is 10.0 Å². The lowest BCUT2D eigenvalue weighted by atomic mass is 10.0. The molecule has 1 atom stereocenters. The van der Waals surface area contributed by atoms with Crippen LogP contribution in [0.25, 0.3) is 0 Å². The van der Waals surface area contributed by atoms with Gasteiger partial charge in [-0.25, -0.2) is 0 Å². The molecule has 0 radical (unpaired) electrons. The summed E-state index contributed by atoms with van der Waals surface area (Å²) in [5.41, 5.74) is 2.34. The van der Waals surface area contributed by atoms with Gasteiger partial charge in [-0.15, -0.1) is 0 Å². The number of ether oxygens (including phenoxy) is 1. The minimum atomic E-state index is -0.519. The standard InChI is InChI=1S/C22H28Cl2N2O2/c1-16-3-2-4-20(11-16)28-15-19(27)13-25-18-7-9-26(10-8-18)14-17-5-6-21(23)22(24)12-17/h2-6,11-12,18-19,25,27H,7-10,13-15H2,1H3. The Morgan fingerprint density at radius 2 is 1.93 bits per heavy atom. The van der Waals surface area contributed by atoms with Crippen molar-refractivity contribution in [1.29, 1.82) is 0 Å². The molecule has 2 aromatic carbocycles. The van der Waals surface area contributed by atoms with Crippen molar-refractivity contribution in [3.63, 3.8) is 0 Å². The summed E-state index contributed by atoms with van der Waals surface area (Å²) in [6.07, 6.45) is 1.61. The van der Waals surface area contributed by atoms with Crippen LogP contribution in [-0.2, 0) is 6.54 Å². The van der Waals surface area contributed by atoms with Gasteiger partial charge in [0.2, 0.25) is 0 Å². The van der Waals surface area contributed by atoms with E-state index in [4.69, 9.17) is 27.9 Å². The summed E-state index contributed by atoms with van der Waals surface area (Å²) in [7, 11) is 0. The number of piperidine rings is 1. The van der Waals surface area contributed by atoms with Gasteiger partial charge in [0.25, 0.3) is 0 Å². The maximum atomic E-state index is 10.2. The first kappa shape index (κ1) is 21.4. The van der Waals surface area contributed by atoms with E-state index in [2.05, 4.69) is 10.2 Å². The molecular formula is C22H28Cl2N2O2. The van der Waals surface area contributed by atoms with Gasteiger partial charge in [-0.2, -0.15) is 0 Å². The molecule has 4 nitrogen and oxygen atoms in total. The smallest absolute Gasteiger partial charge is 0.119 e. The third-order valence-corrected chi connectivity index (χ3v) is 5.79. The number of rotatable bonds is 8. The van der Waals surface area contributed by atoms with Crippen molar-refractivity contribution in [3.05, 3.63) is 63.6 Å². The molecule has 28 heavy (non-hydrogen) atoms. The highest BCUT2D eigenvalue weighted by atomic mass is 35.5. The SMILES string of the molecule is Cc1cccc(OCC(O)CNC2CCN(Cc3ccc(Cl)c(Cl)c3)CC2)c1. The van der Waals surface area contributed by atoms with Crippen molar-refractivity contribution in [3.8, 4) is 5.75 Å². The summed E-state index contributed by atoms with van der Waals surface area (Å²) in [5.74, 6) is 0.801. The Hall–Kier alpha value is -1.30. The molecule has 1 aliphatic rings. The summed E-state index contributed by atoms with van der Waals surface area (Å²) in [6.45, 7) is 5.80. The number of nitrogens with one attached hydrogen (secondary N) is 1. The minimum Gasteiger partial charge on any atom is -0.491 e. The zero-order chi connectivity index (χ0) is 19.9. The fourth-order valence-electron chi connectivity index (χ4n) is 3.45. The van der Waals surface area contributed by atoms with Crippen LogP contribution in [-0.4, -0.2) is 48.4 Å². The van der Waals surface area contributed by atoms with Gasteiger partial charge in [0.1, 0.15) is 18.5 Å². The van der Waals surface area contributed by atoms with Crippen LogP contribution in [0.3, 0.4) is 0 Å². The summed E-state index contributed by atoms with van der Waals surface area (Å²) in [4.78, 5) is 2.43. The highest BCUT2D eigenvalue weighted by molar-refractivity contribution is 6.42. The molecule has 0 bridgehead atoms. The Bertz CT molecular complexity index is 764. The van der Waals surface area contributed by atoms with E-state index >= 15 is 0 Å². The number of hydrogen-bond acceptors (Lipinski definition) is 4. The van der Waals surface area contributed by atoms with Crippen molar-refractivity contribution in [2.75, 3.05) is 26.2 Å². The van der Waals surface area contributed by atoms with Crippen LogP contribution in [0, 0.1) is 6.92 Å². The number of hydrogen-bond donors (Lipinski definition) is 2. The molecule has 0 saturated carbocycles. The van der Waals surface area contributed by atoms with Crippen LogP contribution in [0.15, 0.2) is 42.5 Å². The van der Waals surface area contributed by atoms with Crippen molar-refractivity contribution in [1.82, 2.24) is 10.2 Å². The Kier molecular flexibility index (Phi) is 8.00. The van der Waals surface area contributed by atoms with Crippen molar-refractivity contribution in [2.45, 2.75) is 38.5 Å². The zero-order valence-electron chi connectivity index (χ0n) is 16.2. The lowest BCUT2D eigenvalue weighted by Crippen LogP contribution is -2.45. The summed E-state index contributed by atoms with van der Waals surface area (Å²) in [5, 5.41) is 14.9. The second kappa shape index (κ2) is 10.5. The van der Waals surface area contributed by atoms with Crippen molar-refractivity contribution >= 4 is 23.2 Å². The highest BCUT2D eigenvalue weighted by Gasteiger charge is 2.20. The maximum Gasteiger partial charge on any atom is 0.119 e. The largest absolute Gasteiger partial charge is 0.491 e. The fourth-order valence-corrected chi connectivity index (χ4v) is 3.77. The number of likely N-dealkylation sites (tertiary alicyclic amines) is 1. The van der Waals surface area contributed by atoms with Gasteiger partial charge in [0, 0.05) is 19.1 Å². The van der Waals surface area contributed by atoms with Gasteiger partial charge >= 0.3 is 0 Å². The molecule has 0 aromatic heterocycles. The number of aryl methyl sites for hydroxylation is 1. The third-order valence-electron chi connectivity index (χ3n) is 5.05. The van der Waals surface area contributed by atoms with E-state index in [1.807, 2.05) is 49.4 Å². The molecular weight excluding hydrogens is 395 g/mol. The average molecular weight is 423 g/mol. The molecule has 1 fully saturated rings. The minimum absolute atomic E-state index is 0.298. The van der Waals surface area contributed by atoms with Crippen LogP contribution in [0.4, 0.5) is 0 Å². The lowest BCUT2D eigenvalue weighted by molar-refractivity contribution is 0.0979. The van der Waals surface area contributed by atoms with E-state index in [1.54, 1.807) is 0 Å². The van der Waals surface area contributed by atoms with E-state index in [0.717, 1.165) is 43.8 Å². The zero-order valence-corrected chi connectivity index (χ0v) is 17.7. The predicted octanol–water partition coefficient (Wildman–Crippen LogP) is 4.30. The molecule has 0 spiro atoms. The van der Waals surface area contributed by atoms with Crippen LogP contribution in [0.2, 0.25) is 10.0 Å². The third kappa shape index (κ3) is 6.64. The quantitative estimate of drug-likeness (QED) is 0.665. The Balaban J connectivity index is 1.34. The van der Waals surface area contributed by atoms with Gasteiger partial charge < -0.3 is 15.2 Å². The van der Waals surface area contributed by atoms with Crippen LogP contribution in [0.5, 0.6) is 5.75 Å². The van der Waals surface area contributed by atoms with Crippen molar-refractivity contribution in [2.24, 2.45) is 0 Å².